The molecule has 0 aromatic heterocycles. The maximum atomic E-state index is 11.6. The topological polar surface area (TPSA) is 55.4 Å². The average Bonchev–Trinajstić information content (AvgIpc) is 2.26. The van der Waals surface area contributed by atoms with E-state index in [9.17, 15) is 9.59 Å². The first-order valence-corrected chi connectivity index (χ1v) is 5.50. The highest BCUT2D eigenvalue weighted by molar-refractivity contribution is 5.82. The third-order valence-corrected chi connectivity index (χ3v) is 2.43. The Hall–Kier alpha value is -1.84. The summed E-state index contributed by atoms with van der Waals surface area (Å²) >= 11 is 0. The van der Waals surface area contributed by atoms with E-state index < -0.39 is 12.1 Å². The van der Waals surface area contributed by atoms with Gasteiger partial charge >= 0.3 is 5.97 Å². The van der Waals surface area contributed by atoms with E-state index in [1.807, 2.05) is 31.2 Å². The van der Waals surface area contributed by atoms with Crippen molar-refractivity contribution in [3.63, 3.8) is 0 Å². The summed E-state index contributed by atoms with van der Waals surface area (Å²) in [6.45, 7) is 5.26. The van der Waals surface area contributed by atoms with Crippen LogP contribution in [0.3, 0.4) is 0 Å². The van der Waals surface area contributed by atoms with Crippen LogP contribution in [0.1, 0.15) is 25.0 Å². The molecule has 4 nitrogen and oxygen atoms in total. The molecule has 1 N–H and O–H groups in total. The molecule has 92 valence electrons. The van der Waals surface area contributed by atoms with E-state index in [-0.39, 0.29) is 5.91 Å². The largest absolute Gasteiger partial charge is 0.453 e. The van der Waals surface area contributed by atoms with Gasteiger partial charge in [0.25, 0.3) is 5.91 Å². The maximum absolute atomic E-state index is 11.6. The van der Waals surface area contributed by atoms with Gasteiger partial charge in [-0.05, 0) is 25.0 Å². The lowest BCUT2D eigenvalue weighted by molar-refractivity contribution is -0.152. The second-order valence-corrected chi connectivity index (χ2v) is 3.90. The van der Waals surface area contributed by atoms with Crippen LogP contribution in [0.15, 0.2) is 24.3 Å². The molecular formula is C13H17NO3. The third-order valence-electron chi connectivity index (χ3n) is 2.43. The van der Waals surface area contributed by atoms with E-state index in [1.165, 1.54) is 6.92 Å². The summed E-state index contributed by atoms with van der Waals surface area (Å²) in [6.07, 6.45) is -0.753. The van der Waals surface area contributed by atoms with Crippen LogP contribution in [-0.4, -0.2) is 18.0 Å². The predicted octanol–water partition coefficient (Wildman–Crippen LogP) is 1.56. The summed E-state index contributed by atoms with van der Waals surface area (Å²) in [5.74, 6) is -0.744. The minimum atomic E-state index is -0.753. The molecule has 0 aliphatic rings. The maximum Gasteiger partial charge on any atom is 0.303 e. The SMILES string of the molecule is CC(=O)O[C@H](C)C(=O)NCc1ccccc1C. The van der Waals surface area contributed by atoms with E-state index in [0.29, 0.717) is 6.54 Å². The molecule has 17 heavy (non-hydrogen) atoms. The Morgan fingerprint density at radius 3 is 2.59 bits per heavy atom. The van der Waals surface area contributed by atoms with E-state index in [4.69, 9.17) is 4.74 Å². The number of amides is 1. The van der Waals surface area contributed by atoms with Crippen molar-refractivity contribution in [1.29, 1.82) is 0 Å². The molecule has 4 heteroatoms. The molecule has 0 spiro atoms. The number of ether oxygens (including phenoxy) is 1. The van der Waals surface area contributed by atoms with Crippen LogP contribution >= 0.6 is 0 Å². The molecule has 0 bridgehead atoms. The van der Waals surface area contributed by atoms with Crippen molar-refractivity contribution in [2.45, 2.75) is 33.4 Å². The monoisotopic (exact) mass is 235 g/mol. The Kier molecular flexibility index (Phi) is 4.69. The van der Waals surface area contributed by atoms with Crippen LogP contribution in [0.2, 0.25) is 0 Å². The fourth-order valence-corrected chi connectivity index (χ4v) is 1.44. The number of hydrogen-bond acceptors (Lipinski definition) is 3. The smallest absolute Gasteiger partial charge is 0.303 e. The predicted molar refractivity (Wildman–Crippen MR) is 64.3 cm³/mol. The summed E-state index contributed by atoms with van der Waals surface area (Å²) in [6, 6.07) is 7.80. The Morgan fingerprint density at radius 2 is 2.00 bits per heavy atom. The van der Waals surface area contributed by atoms with Gasteiger partial charge in [-0.1, -0.05) is 24.3 Å². The van der Waals surface area contributed by atoms with Crippen molar-refractivity contribution in [3.05, 3.63) is 35.4 Å². The van der Waals surface area contributed by atoms with Gasteiger partial charge in [0.15, 0.2) is 6.10 Å². The van der Waals surface area contributed by atoms with Gasteiger partial charge in [-0.25, -0.2) is 0 Å². The molecule has 0 heterocycles. The molecule has 1 aromatic carbocycles. The number of aryl methyl sites for hydroxylation is 1. The van der Waals surface area contributed by atoms with Gasteiger partial charge in [0.2, 0.25) is 0 Å². The number of carbonyl (C=O) groups excluding carboxylic acids is 2. The van der Waals surface area contributed by atoms with Gasteiger partial charge < -0.3 is 10.1 Å². The van der Waals surface area contributed by atoms with Gasteiger partial charge in [0.1, 0.15) is 0 Å². The second-order valence-electron chi connectivity index (χ2n) is 3.90. The van der Waals surface area contributed by atoms with Gasteiger partial charge in [-0.2, -0.15) is 0 Å². The molecule has 0 saturated carbocycles. The van der Waals surface area contributed by atoms with E-state index in [2.05, 4.69) is 5.32 Å². The molecule has 1 atom stereocenters. The Labute approximate surface area is 101 Å². The van der Waals surface area contributed by atoms with Crippen molar-refractivity contribution in [2.75, 3.05) is 0 Å². The molecule has 1 rings (SSSR count). The molecule has 0 aliphatic carbocycles. The van der Waals surface area contributed by atoms with Crippen molar-refractivity contribution in [1.82, 2.24) is 5.32 Å². The molecular weight excluding hydrogens is 218 g/mol. The van der Waals surface area contributed by atoms with Gasteiger partial charge in [0.05, 0.1) is 0 Å². The van der Waals surface area contributed by atoms with Gasteiger partial charge in [-0.3, -0.25) is 9.59 Å². The van der Waals surface area contributed by atoms with Crippen molar-refractivity contribution >= 4 is 11.9 Å². The molecule has 1 amide bonds. The summed E-state index contributed by atoms with van der Waals surface area (Å²) in [7, 11) is 0. The van der Waals surface area contributed by atoms with Crippen LogP contribution in [0.5, 0.6) is 0 Å². The normalized spacial score (nSPS) is 11.7. The van der Waals surface area contributed by atoms with Crippen molar-refractivity contribution in [2.24, 2.45) is 0 Å². The first kappa shape index (κ1) is 13.2. The first-order valence-electron chi connectivity index (χ1n) is 5.50. The quantitative estimate of drug-likeness (QED) is 0.806. The molecule has 0 radical (unpaired) electrons. The van der Waals surface area contributed by atoms with Crippen LogP contribution < -0.4 is 5.32 Å². The summed E-state index contributed by atoms with van der Waals surface area (Å²) in [5, 5.41) is 2.73. The standard InChI is InChI=1S/C13H17NO3/c1-9-6-4-5-7-12(9)8-14-13(16)10(2)17-11(3)15/h4-7,10H,8H2,1-3H3,(H,14,16)/t10-/m1/s1. The highest BCUT2D eigenvalue weighted by Gasteiger charge is 2.15. The highest BCUT2D eigenvalue weighted by atomic mass is 16.5. The van der Waals surface area contributed by atoms with Gasteiger partial charge in [0, 0.05) is 13.5 Å². The minimum absolute atomic E-state index is 0.288. The zero-order valence-corrected chi connectivity index (χ0v) is 10.3. The average molecular weight is 235 g/mol. The number of rotatable bonds is 4. The van der Waals surface area contributed by atoms with Gasteiger partial charge in [-0.15, -0.1) is 0 Å². The second kappa shape index (κ2) is 6.03. The van der Waals surface area contributed by atoms with Crippen molar-refractivity contribution in [3.8, 4) is 0 Å². The lowest BCUT2D eigenvalue weighted by Crippen LogP contribution is -2.35. The lowest BCUT2D eigenvalue weighted by atomic mass is 10.1. The minimum Gasteiger partial charge on any atom is -0.453 e. The Bertz CT molecular complexity index is 415. The molecule has 0 unspecified atom stereocenters. The fourth-order valence-electron chi connectivity index (χ4n) is 1.44. The molecule has 0 saturated heterocycles. The fraction of sp³-hybridized carbons (Fsp3) is 0.385. The lowest BCUT2D eigenvalue weighted by Gasteiger charge is -2.13. The molecule has 0 fully saturated rings. The summed E-state index contributed by atoms with van der Waals surface area (Å²) in [5.41, 5.74) is 2.17. The number of carbonyl (C=O) groups is 2. The van der Waals surface area contributed by atoms with Crippen LogP contribution in [0, 0.1) is 6.92 Å². The number of hydrogen-bond donors (Lipinski definition) is 1. The van der Waals surface area contributed by atoms with E-state index >= 15 is 0 Å². The van der Waals surface area contributed by atoms with E-state index in [0.717, 1.165) is 11.1 Å². The van der Waals surface area contributed by atoms with Crippen LogP contribution in [-0.2, 0) is 20.9 Å². The molecule has 1 aromatic rings. The zero-order chi connectivity index (χ0) is 12.8. The zero-order valence-electron chi connectivity index (χ0n) is 10.3. The Morgan fingerprint density at radius 1 is 1.35 bits per heavy atom. The third kappa shape index (κ3) is 4.26. The number of benzene rings is 1. The molecule has 0 aliphatic heterocycles. The summed E-state index contributed by atoms with van der Waals surface area (Å²) < 4.78 is 4.78. The number of nitrogens with one attached hydrogen (secondary N) is 1. The van der Waals surface area contributed by atoms with E-state index in [1.54, 1.807) is 6.92 Å². The highest BCUT2D eigenvalue weighted by Crippen LogP contribution is 2.06. The van der Waals surface area contributed by atoms with Crippen LogP contribution in [0.25, 0.3) is 0 Å². The van der Waals surface area contributed by atoms with Crippen molar-refractivity contribution < 1.29 is 14.3 Å². The Balaban J connectivity index is 2.48. The number of esters is 1. The summed E-state index contributed by atoms with van der Waals surface area (Å²) in [4.78, 5) is 22.3. The first-order chi connectivity index (χ1) is 8.00. The van der Waals surface area contributed by atoms with Crippen LogP contribution in [0.4, 0.5) is 0 Å².